The molecule has 1 aliphatic rings. The van der Waals surface area contributed by atoms with Crippen LogP contribution in [0.5, 0.6) is 0 Å². The Morgan fingerprint density at radius 1 is 1.43 bits per heavy atom. The summed E-state index contributed by atoms with van der Waals surface area (Å²) < 4.78 is 25.8. The van der Waals surface area contributed by atoms with Gasteiger partial charge in [0.05, 0.1) is 10.4 Å². The molecule has 2 heterocycles. The molecule has 1 saturated heterocycles. The van der Waals surface area contributed by atoms with Gasteiger partial charge in [0.15, 0.2) is 9.84 Å². The molecule has 3 rings (SSSR count). The minimum absolute atomic E-state index is 0.324. The first-order valence-electron chi connectivity index (χ1n) is 7.32. The van der Waals surface area contributed by atoms with E-state index < -0.39 is 9.84 Å². The van der Waals surface area contributed by atoms with Crippen molar-refractivity contribution in [3.63, 3.8) is 0 Å². The lowest BCUT2D eigenvalue weighted by atomic mass is 10.0. The SMILES string of the molecule is Cn1c(CCC2CCNC2)nc2c(S(C)(=O)=O)cccc21. The average molecular weight is 307 g/mol. The van der Waals surface area contributed by atoms with E-state index in [1.807, 2.05) is 17.7 Å². The molecule has 0 spiro atoms. The van der Waals surface area contributed by atoms with Crippen molar-refractivity contribution in [2.75, 3.05) is 19.3 Å². The number of benzene rings is 1. The summed E-state index contributed by atoms with van der Waals surface area (Å²) in [7, 11) is -1.29. The molecule has 1 aromatic heterocycles. The zero-order valence-electron chi connectivity index (χ0n) is 12.5. The molecule has 1 atom stereocenters. The maximum atomic E-state index is 11.9. The van der Waals surface area contributed by atoms with Gasteiger partial charge in [0.25, 0.3) is 0 Å². The summed E-state index contributed by atoms with van der Waals surface area (Å²) >= 11 is 0. The Morgan fingerprint density at radius 2 is 2.24 bits per heavy atom. The van der Waals surface area contributed by atoms with Gasteiger partial charge in [-0.25, -0.2) is 13.4 Å². The zero-order valence-corrected chi connectivity index (χ0v) is 13.3. The van der Waals surface area contributed by atoms with Gasteiger partial charge in [0.2, 0.25) is 0 Å². The molecule has 5 nitrogen and oxygen atoms in total. The van der Waals surface area contributed by atoms with Crippen molar-refractivity contribution >= 4 is 20.9 Å². The van der Waals surface area contributed by atoms with Gasteiger partial charge in [-0.1, -0.05) is 6.07 Å². The Morgan fingerprint density at radius 3 is 2.90 bits per heavy atom. The highest BCUT2D eigenvalue weighted by Gasteiger charge is 2.19. The molecule has 1 fully saturated rings. The van der Waals surface area contributed by atoms with Gasteiger partial charge in [-0.15, -0.1) is 0 Å². The van der Waals surface area contributed by atoms with Gasteiger partial charge in [-0.05, 0) is 44.0 Å². The van der Waals surface area contributed by atoms with Crippen LogP contribution in [-0.2, 0) is 23.3 Å². The molecule has 0 bridgehead atoms. The Hall–Kier alpha value is -1.40. The van der Waals surface area contributed by atoms with Crippen molar-refractivity contribution in [1.82, 2.24) is 14.9 Å². The molecular weight excluding hydrogens is 286 g/mol. The average Bonchev–Trinajstić information content (AvgIpc) is 3.04. The lowest BCUT2D eigenvalue weighted by Gasteiger charge is -2.07. The number of imidazole rings is 1. The first kappa shape index (κ1) is 14.5. The Balaban J connectivity index is 1.95. The fraction of sp³-hybridized carbons (Fsp3) is 0.533. The summed E-state index contributed by atoms with van der Waals surface area (Å²) in [4.78, 5) is 4.93. The van der Waals surface area contributed by atoms with Crippen LogP contribution in [-0.4, -0.2) is 37.3 Å². The number of aromatic nitrogens is 2. The maximum Gasteiger partial charge on any atom is 0.177 e. The van der Waals surface area contributed by atoms with Crippen molar-refractivity contribution in [2.24, 2.45) is 13.0 Å². The highest BCUT2D eigenvalue weighted by molar-refractivity contribution is 7.91. The smallest absolute Gasteiger partial charge is 0.177 e. The predicted octanol–water partition coefficient (Wildman–Crippen LogP) is 1.52. The first-order valence-corrected chi connectivity index (χ1v) is 9.21. The number of aryl methyl sites for hydroxylation is 2. The summed E-state index contributed by atoms with van der Waals surface area (Å²) in [6.45, 7) is 2.18. The molecule has 1 aromatic carbocycles. The fourth-order valence-corrected chi connectivity index (χ4v) is 3.88. The van der Waals surface area contributed by atoms with Crippen molar-refractivity contribution in [1.29, 1.82) is 0 Å². The minimum Gasteiger partial charge on any atom is -0.331 e. The lowest BCUT2D eigenvalue weighted by Crippen LogP contribution is -2.10. The molecule has 0 aliphatic carbocycles. The monoisotopic (exact) mass is 307 g/mol. The maximum absolute atomic E-state index is 11.9. The second-order valence-electron chi connectivity index (χ2n) is 5.88. The number of nitrogens with zero attached hydrogens (tertiary/aromatic N) is 2. The van der Waals surface area contributed by atoms with Crippen molar-refractivity contribution < 1.29 is 8.42 Å². The molecule has 0 radical (unpaired) electrons. The number of fused-ring (bicyclic) bond motifs is 1. The van der Waals surface area contributed by atoms with Gasteiger partial charge < -0.3 is 9.88 Å². The largest absolute Gasteiger partial charge is 0.331 e. The number of rotatable bonds is 4. The molecule has 1 unspecified atom stereocenters. The van der Waals surface area contributed by atoms with Gasteiger partial charge in [-0.2, -0.15) is 0 Å². The normalized spacial score (nSPS) is 19.4. The fourth-order valence-electron chi connectivity index (χ4n) is 3.05. The summed E-state index contributed by atoms with van der Waals surface area (Å²) in [6, 6.07) is 5.35. The van der Waals surface area contributed by atoms with E-state index in [1.54, 1.807) is 12.1 Å². The molecule has 0 amide bonds. The van der Waals surface area contributed by atoms with Crippen molar-refractivity contribution in [2.45, 2.75) is 24.2 Å². The Labute approximate surface area is 125 Å². The van der Waals surface area contributed by atoms with E-state index in [2.05, 4.69) is 10.3 Å². The second-order valence-corrected chi connectivity index (χ2v) is 7.86. The van der Waals surface area contributed by atoms with E-state index in [1.165, 1.54) is 12.7 Å². The van der Waals surface area contributed by atoms with Crippen LogP contribution in [0.15, 0.2) is 23.1 Å². The molecule has 1 aliphatic heterocycles. The van der Waals surface area contributed by atoms with E-state index >= 15 is 0 Å². The van der Waals surface area contributed by atoms with Crippen LogP contribution in [0.3, 0.4) is 0 Å². The first-order chi connectivity index (χ1) is 9.97. The summed E-state index contributed by atoms with van der Waals surface area (Å²) in [6.07, 6.45) is 4.44. The molecular formula is C15H21N3O2S. The number of para-hydroxylation sites is 1. The molecule has 0 saturated carbocycles. The van der Waals surface area contributed by atoms with E-state index in [-0.39, 0.29) is 0 Å². The third-order valence-electron chi connectivity index (χ3n) is 4.31. The molecule has 21 heavy (non-hydrogen) atoms. The standard InChI is InChI=1S/C15H21N3O2S/c1-18-12-4-3-5-13(21(2,19)20)15(12)17-14(18)7-6-11-8-9-16-10-11/h3-5,11,16H,6-10H2,1-2H3. The Bertz CT molecular complexity index is 759. The highest BCUT2D eigenvalue weighted by atomic mass is 32.2. The molecule has 114 valence electrons. The van der Waals surface area contributed by atoms with E-state index in [9.17, 15) is 8.42 Å². The minimum atomic E-state index is -3.25. The van der Waals surface area contributed by atoms with Crippen LogP contribution in [0, 0.1) is 5.92 Å². The van der Waals surface area contributed by atoms with Crippen LogP contribution in [0.25, 0.3) is 11.0 Å². The van der Waals surface area contributed by atoms with Crippen LogP contribution >= 0.6 is 0 Å². The lowest BCUT2D eigenvalue weighted by molar-refractivity contribution is 0.520. The van der Waals surface area contributed by atoms with E-state index in [0.717, 1.165) is 37.3 Å². The van der Waals surface area contributed by atoms with E-state index in [0.29, 0.717) is 16.3 Å². The van der Waals surface area contributed by atoms with E-state index in [4.69, 9.17) is 0 Å². The summed E-state index contributed by atoms with van der Waals surface area (Å²) in [5.74, 6) is 1.67. The van der Waals surface area contributed by atoms with Crippen LogP contribution < -0.4 is 5.32 Å². The highest BCUT2D eigenvalue weighted by Crippen LogP contribution is 2.24. The zero-order chi connectivity index (χ0) is 15.0. The number of hydrogen-bond acceptors (Lipinski definition) is 4. The topological polar surface area (TPSA) is 64.0 Å². The van der Waals surface area contributed by atoms with Gasteiger partial charge in [-0.3, -0.25) is 0 Å². The van der Waals surface area contributed by atoms with Gasteiger partial charge >= 0.3 is 0 Å². The molecule has 6 heteroatoms. The predicted molar refractivity (Wildman–Crippen MR) is 83.1 cm³/mol. The van der Waals surface area contributed by atoms with Gasteiger partial charge in [0.1, 0.15) is 11.3 Å². The van der Waals surface area contributed by atoms with Crippen molar-refractivity contribution in [3.8, 4) is 0 Å². The van der Waals surface area contributed by atoms with Gasteiger partial charge in [0, 0.05) is 19.7 Å². The summed E-state index contributed by atoms with van der Waals surface area (Å²) in [5.41, 5.74) is 1.49. The van der Waals surface area contributed by atoms with Crippen LogP contribution in [0.2, 0.25) is 0 Å². The number of hydrogen-bond donors (Lipinski definition) is 1. The Kier molecular flexibility index (Phi) is 3.75. The van der Waals surface area contributed by atoms with Crippen LogP contribution in [0.1, 0.15) is 18.7 Å². The molecule has 1 N–H and O–H groups in total. The third-order valence-corrected chi connectivity index (χ3v) is 5.43. The quantitative estimate of drug-likeness (QED) is 0.930. The van der Waals surface area contributed by atoms with Crippen LogP contribution in [0.4, 0.5) is 0 Å². The second kappa shape index (κ2) is 5.42. The summed E-state index contributed by atoms with van der Waals surface area (Å²) in [5, 5.41) is 3.37. The molecule has 2 aromatic rings. The third kappa shape index (κ3) is 2.82. The van der Waals surface area contributed by atoms with Crippen molar-refractivity contribution in [3.05, 3.63) is 24.0 Å². The number of sulfone groups is 1. The number of nitrogens with one attached hydrogen (secondary N) is 1.